The predicted molar refractivity (Wildman–Crippen MR) is 62.6 cm³/mol. The summed E-state index contributed by atoms with van der Waals surface area (Å²) in [6.07, 6.45) is 1.68. The molecule has 0 amide bonds. The predicted octanol–water partition coefficient (Wildman–Crippen LogP) is 2.76. The minimum Gasteiger partial charge on any atom is -0.465 e. The Labute approximate surface area is 98.0 Å². The lowest BCUT2D eigenvalue weighted by atomic mass is 10.0. The summed E-state index contributed by atoms with van der Waals surface area (Å²) in [5.74, 6) is 0.00808. The number of hydrogen-bond acceptors (Lipinski definition) is 3. The molecule has 0 atom stereocenters. The van der Waals surface area contributed by atoms with Crippen LogP contribution >= 0.6 is 11.6 Å². The van der Waals surface area contributed by atoms with E-state index in [2.05, 4.69) is 4.98 Å². The molecular weight excluding hydrogens is 226 g/mol. The third-order valence-corrected chi connectivity index (χ3v) is 2.69. The molecule has 0 bridgehead atoms. The van der Waals surface area contributed by atoms with Gasteiger partial charge in [-0.15, -0.1) is 11.6 Å². The number of fused-ring (bicyclic) bond motifs is 1. The van der Waals surface area contributed by atoms with E-state index in [1.807, 2.05) is 6.07 Å². The fourth-order valence-electron chi connectivity index (χ4n) is 1.63. The number of rotatable bonds is 2. The van der Waals surface area contributed by atoms with Gasteiger partial charge in [-0.3, -0.25) is 4.98 Å². The Balaban J connectivity index is 2.74. The molecule has 0 unspecified atom stereocenters. The average molecular weight is 236 g/mol. The molecule has 0 aliphatic rings. The molecule has 1 aromatic heterocycles. The average Bonchev–Trinajstić information content (AvgIpc) is 2.36. The van der Waals surface area contributed by atoms with Gasteiger partial charge < -0.3 is 4.74 Å². The maximum absolute atomic E-state index is 11.5. The van der Waals surface area contributed by atoms with E-state index in [1.54, 1.807) is 24.4 Å². The minimum atomic E-state index is -0.362. The summed E-state index contributed by atoms with van der Waals surface area (Å²) in [4.78, 5) is 15.8. The molecule has 2 rings (SSSR count). The molecule has 4 heteroatoms. The molecule has 0 saturated carbocycles. The van der Waals surface area contributed by atoms with Gasteiger partial charge in [0.15, 0.2) is 0 Å². The highest BCUT2D eigenvalue weighted by Gasteiger charge is 2.12. The molecule has 3 nitrogen and oxygen atoms in total. The van der Waals surface area contributed by atoms with E-state index >= 15 is 0 Å². The van der Waals surface area contributed by atoms with Gasteiger partial charge in [0.25, 0.3) is 0 Å². The molecule has 0 saturated heterocycles. The number of alkyl halides is 1. The standard InChI is InChI=1S/C12H10ClNO2/c1-16-12(15)10-5-4-8(7-13)11-9(10)3-2-6-14-11/h2-6H,7H2,1H3. The van der Waals surface area contributed by atoms with E-state index < -0.39 is 0 Å². The fraction of sp³-hybridized carbons (Fsp3) is 0.167. The molecule has 0 aliphatic heterocycles. The molecule has 0 N–H and O–H groups in total. The summed E-state index contributed by atoms with van der Waals surface area (Å²) < 4.78 is 4.72. The number of esters is 1. The van der Waals surface area contributed by atoms with Crippen molar-refractivity contribution in [3.05, 3.63) is 41.6 Å². The molecule has 2 aromatic rings. The highest BCUT2D eigenvalue weighted by molar-refractivity contribution is 6.18. The van der Waals surface area contributed by atoms with Crippen LogP contribution in [-0.2, 0) is 10.6 Å². The number of methoxy groups -OCH3 is 1. The van der Waals surface area contributed by atoms with Crippen molar-refractivity contribution in [2.45, 2.75) is 5.88 Å². The van der Waals surface area contributed by atoms with Crippen molar-refractivity contribution >= 4 is 28.5 Å². The zero-order valence-corrected chi connectivity index (χ0v) is 9.49. The first-order valence-corrected chi connectivity index (χ1v) is 5.32. The van der Waals surface area contributed by atoms with Crippen LogP contribution in [-0.4, -0.2) is 18.1 Å². The first kappa shape index (κ1) is 10.9. The molecule has 0 aliphatic carbocycles. The summed E-state index contributed by atoms with van der Waals surface area (Å²) in [5, 5.41) is 0.771. The summed E-state index contributed by atoms with van der Waals surface area (Å²) >= 11 is 5.82. The van der Waals surface area contributed by atoms with Crippen LogP contribution in [0.5, 0.6) is 0 Å². The molecular formula is C12H10ClNO2. The number of benzene rings is 1. The van der Waals surface area contributed by atoms with Crippen molar-refractivity contribution in [1.29, 1.82) is 0 Å². The highest BCUT2D eigenvalue weighted by atomic mass is 35.5. The monoisotopic (exact) mass is 235 g/mol. The third-order valence-electron chi connectivity index (χ3n) is 2.40. The van der Waals surface area contributed by atoms with E-state index in [-0.39, 0.29) is 5.97 Å². The van der Waals surface area contributed by atoms with Crippen molar-refractivity contribution in [3.63, 3.8) is 0 Å². The van der Waals surface area contributed by atoms with Crippen LogP contribution in [0.15, 0.2) is 30.5 Å². The van der Waals surface area contributed by atoms with Crippen LogP contribution in [0.25, 0.3) is 10.9 Å². The van der Waals surface area contributed by atoms with Crippen molar-refractivity contribution in [1.82, 2.24) is 4.98 Å². The first-order chi connectivity index (χ1) is 7.77. The molecule has 0 spiro atoms. The summed E-state index contributed by atoms with van der Waals surface area (Å²) in [6.45, 7) is 0. The number of carbonyl (C=O) groups is 1. The van der Waals surface area contributed by atoms with E-state index in [0.717, 1.165) is 16.5 Å². The maximum Gasteiger partial charge on any atom is 0.338 e. The van der Waals surface area contributed by atoms with Crippen molar-refractivity contribution in [2.24, 2.45) is 0 Å². The Morgan fingerprint density at radius 3 is 2.94 bits per heavy atom. The van der Waals surface area contributed by atoms with Crippen LogP contribution in [0, 0.1) is 0 Å². The lowest BCUT2D eigenvalue weighted by molar-refractivity contribution is 0.0603. The van der Waals surface area contributed by atoms with Gasteiger partial charge in [0.1, 0.15) is 0 Å². The summed E-state index contributed by atoms with van der Waals surface area (Å²) in [7, 11) is 1.36. The number of nitrogens with zero attached hydrogens (tertiary/aromatic N) is 1. The minimum absolute atomic E-state index is 0.362. The number of carbonyl (C=O) groups excluding carboxylic acids is 1. The molecule has 0 radical (unpaired) electrons. The van der Waals surface area contributed by atoms with Gasteiger partial charge >= 0.3 is 5.97 Å². The zero-order chi connectivity index (χ0) is 11.5. The van der Waals surface area contributed by atoms with Crippen LogP contribution in [0.3, 0.4) is 0 Å². The topological polar surface area (TPSA) is 39.2 Å². The first-order valence-electron chi connectivity index (χ1n) is 4.79. The van der Waals surface area contributed by atoms with E-state index in [0.29, 0.717) is 11.4 Å². The second-order valence-corrected chi connectivity index (χ2v) is 3.56. The molecule has 1 aromatic carbocycles. The molecule has 0 fully saturated rings. The Morgan fingerprint density at radius 1 is 1.44 bits per heavy atom. The number of halogens is 1. The molecule has 1 heterocycles. The van der Waals surface area contributed by atoms with E-state index in [9.17, 15) is 4.79 Å². The normalized spacial score (nSPS) is 10.4. The van der Waals surface area contributed by atoms with Crippen LogP contribution in [0.2, 0.25) is 0 Å². The van der Waals surface area contributed by atoms with Gasteiger partial charge in [-0.25, -0.2) is 4.79 Å². The van der Waals surface area contributed by atoms with Gasteiger partial charge in [-0.1, -0.05) is 12.1 Å². The van der Waals surface area contributed by atoms with Gasteiger partial charge in [-0.2, -0.15) is 0 Å². The van der Waals surface area contributed by atoms with Crippen LogP contribution < -0.4 is 0 Å². The maximum atomic E-state index is 11.5. The molecule has 16 heavy (non-hydrogen) atoms. The van der Waals surface area contributed by atoms with Crippen LogP contribution in [0.1, 0.15) is 15.9 Å². The second-order valence-electron chi connectivity index (χ2n) is 3.30. The summed E-state index contributed by atoms with van der Waals surface area (Å²) in [5.41, 5.74) is 2.17. The Hall–Kier alpha value is -1.61. The van der Waals surface area contributed by atoms with Gasteiger partial charge in [0.05, 0.1) is 18.2 Å². The Morgan fingerprint density at radius 2 is 2.25 bits per heavy atom. The largest absolute Gasteiger partial charge is 0.465 e. The van der Waals surface area contributed by atoms with Crippen molar-refractivity contribution in [3.8, 4) is 0 Å². The zero-order valence-electron chi connectivity index (χ0n) is 8.74. The lowest BCUT2D eigenvalue weighted by Crippen LogP contribution is -2.03. The van der Waals surface area contributed by atoms with Gasteiger partial charge in [0, 0.05) is 17.5 Å². The quantitative estimate of drug-likeness (QED) is 0.594. The Bertz CT molecular complexity index is 540. The summed E-state index contributed by atoms with van der Waals surface area (Å²) in [6, 6.07) is 7.14. The van der Waals surface area contributed by atoms with Crippen molar-refractivity contribution in [2.75, 3.05) is 7.11 Å². The number of ether oxygens (including phenoxy) is 1. The number of aromatic nitrogens is 1. The third kappa shape index (κ3) is 1.74. The SMILES string of the molecule is COC(=O)c1ccc(CCl)c2ncccc12. The highest BCUT2D eigenvalue weighted by Crippen LogP contribution is 2.22. The van der Waals surface area contributed by atoms with E-state index in [4.69, 9.17) is 16.3 Å². The van der Waals surface area contributed by atoms with Crippen LogP contribution in [0.4, 0.5) is 0 Å². The smallest absolute Gasteiger partial charge is 0.338 e. The molecule has 82 valence electrons. The second kappa shape index (κ2) is 4.49. The lowest BCUT2D eigenvalue weighted by Gasteiger charge is -2.06. The number of hydrogen-bond donors (Lipinski definition) is 0. The van der Waals surface area contributed by atoms with Crippen molar-refractivity contribution < 1.29 is 9.53 Å². The van der Waals surface area contributed by atoms with Gasteiger partial charge in [-0.05, 0) is 17.7 Å². The van der Waals surface area contributed by atoms with E-state index in [1.165, 1.54) is 7.11 Å². The number of pyridine rings is 1. The Kier molecular flexibility index (Phi) is 3.06. The fourth-order valence-corrected chi connectivity index (χ4v) is 1.84. The van der Waals surface area contributed by atoms with Gasteiger partial charge in [0.2, 0.25) is 0 Å².